The zero-order chi connectivity index (χ0) is 10.4. The molecule has 0 bridgehead atoms. The second kappa shape index (κ2) is 5.39. The van der Waals surface area contributed by atoms with Crippen molar-refractivity contribution in [2.24, 2.45) is 0 Å². The number of amides is 1. The van der Waals surface area contributed by atoms with E-state index in [0.29, 0.717) is 12.1 Å². The summed E-state index contributed by atoms with van der Waals surface area (Å²) in [4.78, 5) is 22.0. The van der Waals surface area contributed by atoms with Gasteiger partial charge in [0, 0.05) is 17.5 Å². The summed E-state index contributed by atoms with van der Waals surface area (Å²) in [6.07, 6.45) is 0.201. The molecule has 0 aliphatic heterocycles. The lowest BCUT2D eigenvalue weighted by molar-refractivity contribution is -0.140. The first kappa shape index (κ1) is 10.7. The molecule has 5 heteroatoms. The second-order valence-electron chi connectivity index (χ2n) is 2.59. The minimum atomic E-state index is -0.324. The van der Waals surface area contributed by atoms with Crippen LogP contribution >= 0.6 is 11.3 Å². The maximum absolute atomic E-state index is 11.3. The van der Waals surface area contributed by atoms with Crippen molar-refractivity contribution in [3.63, 3.8) is 0 Å². The molecule has 0 aliphatic rings. The molecule has 0 saturated heterocycles. The van der Waals surface area contributed by atoms with E-state index in [4.69, 9.17) is 0 Å². The number of nitrogens with one attached hydrogen (secondary N) is 1. The Hall–Kier alpha value is -1.36. The number of ether oxygens (including phenoxy) is 1. The van der Waals surface area contributed by atoms with Crippen LogP contribution < -0.4 is 5.32 Å². The first-order chi connectivity index (χ1) is 6.74. The van der Waals surface area contributed by atoms with Crippen molar-refractivity contribution >= 4 is 23.2 Å². The Morgan fingerprint density at radius 2 is 2.36 bits per heavy atom. The monoisotopic (exact) mass is 213 g/mol. The predicted octanol–water partition coefficient (Wildman–Crippen LogP) is 1.04. The number of rotatable bonds is 4. The summed E-state index contributed by atoms with van der Waals surface area (Å²) in [5, 5.41) is 6.20. The highest BCUT2D eigenvalue weighted by molar-refractivity contribution is 7.08. The zero-order valence-electron chi connectivity index (χ0n) is 7.78. The van der Waals surface area contributed by atoms with Crippen LogP contribution in [0.2, 0.25) is 0 Å². The lowest BCUT2D eigenvalue weighted by Crippen LogP contribution is -2.25. The molecule has 1 heterocycles. The fraction of sp³-hybridized carbons (Fsp3) is 0.333. The second-order valence-corrected chi connectivity index (χ2v) is 3.37. The minimum absolute atomic E-state index is 0.157. The molecule has 0 saturated carbocycles. The summed E-state index contributed by atoms with van der Waals surface area (Å²) in [6.45, 7) is 0.307. The van der Waals surface area contributed by atoms with E-state index in [1.54, 1.807) is 11.4 Å². The summed E-state index contributed by atoms with van der Waals surface area (Å²) in [5.41, 5.74) is 0.625. The van der Waals surface area contributed by atoms with Gasteiger partial charge in [-0.25, -0.2) is 0 Å². The van der Waals surface area contributed by atoms with Crippen LogP contribution in [0.25, 0.3) is 0 Å². The van der Waals surface area contributed by atoms with Crippen LogP contribution in [-0.2, 0) is 9.53 Å². The van der Waals surface area contributed by atoms with Crippen molar-refractivity contribution in [1.29, 1.82) is 0 Å². The van der Waals surface area contributed by atoms with Gasteiger partial charge in [0.25, 0.3) is 5.91 Å². The highest BCUT2D eigenvalue weighted by atomic mass is 32.1. The molecule has 0 aromatic carbocycles. The van der Waals surface area contributed by atoms with Gasteiger partial charge in [-0.05, 0) is 11.4 Å². The summed E-state index contributed by atoms with van der Waals surface area (Å²) < 4.78 is 4.43. The van der Waals surface area contributed by atoms with Crippen LogP contribution in [0.3, 0.4) is 0 Å². The first-order valence-corrected chi connectivity index (χ1v) is 5.05. The van der Waals surface area contributed by atoms with Gasteiger partial charge in [-0.15, -0.1) is 0 Å². The number of hydrogen-bond acceptors (Lipinski definition) is 4. The average molecular weight is 213 g/mol. The number of carbonyl (C=O) groups is 2. The zero-order valence-corrected chi connectivity index (χ0v) is 8.60. The number of methoxy groups -OCH3 is 1. The Morgan fingerprint density at radius 1 is 1.57 bits per heavy atom. The fourth-order valence-corrected chi connectivity index (χ4v) is 1.51. The van der Waals surface area contributed by atoms with E-state index in [1.165, 1.54) is 18.4 Å². The Balaban J connectivity index is 2.26. The molecule has 4 nitrogen and oxygen atoms in total. The number of thiophene rings is 1. The smallest absolute Gasteiger partial charge is 0.307 e. The Morgan fingerprint density at radius 3 is 2.93 bits per heavy atom. The SMILES string of the molecule is COC(=O)CCNC(=O)c1ccsc1. The van der Waals surface area contributed by atoms with Crippen molar-refractivity contribution in [3.05, 3.63) is 22.4 Å². The van der Waals surface area contributed by atoms with Crippen molar-refractivity contribution in [3.8, 4) is 0 Å². The Bertz CT molecular complexity index is 308. The van der Waals surface area contributed by atoms with E-state index in [1.807, 2.05) is 5.38 Å². The standard InChI is InChI=1S/C9H11NO3S/c1-13-8(11)2-4-10-9(12)7-3-5-14-6-7/h3,5-6H,2,4H2,1H3,(H,10,12). The predicted molar refractivity (Wildman–Crippen MR) is 53.3 cm³/mol. The van der Waals surface area contributed by atoms with Gasteiger partial charge in [0.15, 0.2) is 0 Å². The fourth-order valence-electron chi connectivity index (χ4n) is 0.876. The Labute approximate surface area is 85.9 Å². The molecule has 1 rings (SSSR count). The van der Waals surface area contributed by atoms with Crippen molar-refractivity contribution < 1.29 is 14.3 Å². The summed E-state index contributed by atoms with van der Waals surface area (Å²) in [7, 11) is 1.32. The van der Waals surface area contributed by atoms with Crippen LogP contribution in [0.5, 0.6) is 0 Å². The van der Waals surface area contributed by atoms with Crippen LogP contribution in [0, 0.1) is 0 Å². The number of hydrogen-bond donors (Lipinski definition) is 1. The van der Waals surface area contributed by atoms with E-state index >= 15 is 0 Å². The molecular formula is C9H11NO3S. The molecular weight excluding hydrogens is 202 g/mol. The van der Waals surface area contributed by atoms with Gasteiger partial charge in [0.1, 0.15) is 0 Å². The molecule has 0 radical (unpaired) electrons. The molecule has 76 valence electrons. The van der Waals surface area contributed by atoms with Gasteiger partial charge < -0.3 is 10.1 Å². The lowest BCUT2D eigenvalue weighted by atomic mass is 10.3. The molecule has 0 atom stereocenters. The van der Waals surface area contributed by atoms with E-state index < -0.39 is 0 Å². The van der Waals surface area contributed by atoms with Crippen molar-refractivity contribution in [2.75, 3.05) is 13.7 Å². The van der Waals surface area contributed by atoms with Crippen molar-refractivity contribution in [2.45, 2.75) is 6.42 Å². The van der Waals surface area contributed by atoms with Gasteiger partial charge in [-0.1, -0.05) is 0 Å². The maximum atomic E-state index is 11.3. The third kappa shape index (κ3) is 3.18. The summed E-state index contributed by atoms with van der Waals surface area (Å²) >= 11 is 1.46. The van der Waals surface area contributed by atoms with Gasteiger partial charge in [0.05, 0.1) is 13.5 Å². The Kier molecular flexibility index (Phi) is 4.12. The van der Waals surface area contributed by atoms with E-state index in [9.17, 15) is 9.59 Å². The largest absolute Gasteiger partial charge is 0.469 e. The molecule has 1 aromatic rings. The molecule has 1 N–H and O–H groups in total. The third-order valence-electron chi connectivity index (χ3n) is 1.63. The molecule has 0 spiro atoms. The highest BCUT2D eigenvalue weighted by Crippen LogP contribution is 2.04. The van der Waals surface area contributed by atoms with Gasteiger partial charge in [-0.3, -0.25) is 9.59 Å². The third-order valence-corrected chi connectivity index (χ3v) is 2.31. The van der Waals surface area contributed by atoms with Crippen molar-refractivity contribution in [1.82, 2.24) is 5.32 Å². The summed E-state index contributed by atoms with van der Waals surface area (Å²) in [6, 6.07) is 1.73. The molecule has 0 aliphatic carbocycles. The molecule has 0 unspecified atom stereocenters. The molecule has 0 fully saturated rings. The van der Waals surface area contributed by atoms with Gasteiger partial charge in [0.2, 0.25) is 0 Å². The minimum Gasteiger partial charge on any atom is -0.469 e. The molecule has 1 aromatic heterocycles. The molecule has 14 heavy (non-hydrogen) atoms. The maximum Gasteiger partial charge on any atom is 0.307 e. The van der Waals surface area contributed by atoms with Crippen LogP contribution in [-0.4, -0.2) is 25.5 Å². The van der Waals surface area contributed by atoms with Crippen LogP contribution in [0.4, 0.5) is 0 Å². The van der Waals surface area contributed by atoms with Gasteiger partial charge >= 0.3 is 5.97 Å². The highest BCUT2D eigenvalue weighted by Gasteiger charge is 2.06. The number of esters is 1. The van der Waals surface area contributed by atoms with E-state index in [2.05, 4.69) is 10.1 Å². The van der Waals surface area contributed by atoms with E-state index in [0.717, 1.165) is 0 Å². The normalized spacial score (nSPS) is 9.50. The van der Waals surface area contributed by atoms with Crippen LogP contribution in [0.15, 0.2) is 16.8 Å². The van der Waals surface area contributed by atoms with Gasteiger partial charge in [-0.2, -0.15) is 11.3 Å². The lowest BCUT2D eigenvalue weighted by Gasteiger charge is -2.01. The van der Waals surface area contributed by atoms with Crippen LogP contribution in [0.1, 0.15) is 16.8 Å². The summed E-state index contributed by atoms with van der Waals surface area (Å²) in [5.74, 6) is -0.481. The average Bonchev–Trinajstić information content (AvgIpc) is 2.70. The number of carbonyl (C=O) groups excluding carboxylic acids is 2. The quantitative estimate of drug-likeness (QED) is 0.760. The topological polar surface area (TPSA) is 55.4 Å². The van der Waals surface area contributed by atoms with E-state index in [-0.39, 0.29) is 18.3 Å². The first-order valence-electron chi connectivity index (χ1n) is 4.11. The molecule has 1 amide bonds.